The van der Waals surface area contributed by atoms with Crippen LogP contribution < -0.4 is 0 Å². The summed E-state index contributed by atoms with van der Waals surface area (Å²) in [4.78, 5) is 62.0. The molecule has 54 heavy (non-hydrogen) atoms. The maximum absolute atomic E-state index is 12.9. The van der Waals surface area contributed by atoms with Crippen molar-refractivity contribution in [2.75, 3.05) is 27.2 Å². The van der Waals surface area contributed by atoms with Gasteiger partial charge in [0.25, 0.3) is 11.8 Å². The largest absolute Gasteiger partial charge is 0.458 e. The summed E-state index contributed by atoms with van der Waals surface area (Å²) in [5, 5.41) is 0. The SMILES string of the molecule is CC(C)OC(=O)c1cncn1C1CCCc2ccc(C(=O)N(C)C)cc21.CC(C)OC(=O)c1cncn1C1CCCc2ccc(C(=O)N3CCCC3)cc21. The van der Waals surface area contributed by atoms with Gasteiger partial charge in [0.1, 0.15) is 11.4 Å². The smallest absolute Gasteiger partial charge is 0.356 e. The molecule has 1 aliphatic heterocycles. The molecular formula is C42H52N6O6. The standard InChI is InChI=1S/C22H27N3O3.C20H25N3O3/c1-15(2)28-22(27)20-13-23-14-25(20)19-7-5-6-16-8-9-17(12-18(16)19)21(26)24-10-3-4-11-24;1-13(2)26-20(25)18-11-21-12-23(18)17-7-5-6-14-8-9-15(10-16(14)17)19(24)22(3)4/h8-9,12-15,19H,3-7,10-11H2,1-2H3;8-13,17H,5-7H2,1-4H3. The third kappa shape index (κ3) is 8.42. The number of carbonyl (C=O) groups excluding carboxylic acids is 4. The third-order valence-electron chi connectivity index (χ3n) is 10.3. The Hall–Kier alpha value is -5.26. The molecule has 3 heterocycles. The van der Waals surface area contributed by atoms with Crippen molar-refractivity contribution in [2.45, 2.75) is 103 Å². The molecule has 2 atom stereocenters. The molecule has 4 aromatic rings. The number of imidazole rings is 2. The minimum absolute atomic E-state index is 0.00714. The highest BCUT2D eigenvalue weighted by molar-refractivity contribution is 5.95. The van der Waals surface area contributed by atoms with E-state index in [4.69, 9.17) is 9.47 Å². The summed E-state index contributed by atoms with van der Waals surface area (Å²) in [6.45, 7) is 9.01. The van der Waals surface area contributed by atoms with Crippen molar-refractivity contribution in [1.29, 1.82) is 0 Å². The van der Waals surface area contributed by atoms with Crippen LogP contribution in [0, 0.1) is 0 Å². The van der Waals surface area contributed by atoms with Crippen LogP contribution in [0.1, 0.15) is 142 Å². The number of esters is 2. The second-order valence-corrected chi connectivity index (χ2v) is 15.1. The average molecular weight is 737 g/mol. The van der Waals surface area contributed by atoms with E-state index in [1.54, 1.807) is 44.0 Å². The number of benzene rings is 2. The maximum atomic E-state index is 12.9. The van der Waals surface area contributed by atoms with Gasteiger partial charge < -0.3 is 28.4 Å². The first-order valence-corrected chi connectivity index (χ1v) is 19.1. The van der Waals surface area contributed by atoms with Crippen LogP contribution in [0.15, 0.2) is 61.4 Å². The van der Waals surface area contributed by atoms with Crippen molar-refractivity contribution in [3.8, 4) is 0 Å². The van der Waals surface area contributed by atoms with E-state index in [1.165, 1.54) is 11.1 Å². The predicted octanol–water partition coefficient (Wildman–Crippen LogP) is 6.69. The third-order valence-corrected chi connectivity index (χ3v) is 10.3. The van der Waals surface area contributed by atoms with Crippen molar-refractivity contribution in [2.24, 2.45) is 0 Å². The number of rotatable bonds is 8. The van der Waals surface area contributed by atoms with E-state index in [9.17, 15) is 19.2 Å². The molecule has 1 saturated heterocycles. The lowest BCUT2D eigenvalue weighted by atomic mass is 9.86. The number of ether oxygens (including phenoxy) is 2. The highest BCUT2D eigenvalue weighted by atomic mass is 16.5. The Morgan fingerprint density at radius 3 is 1.61 bits per heavy atom. The van der Waals surface area contributed by atoms with Crippen molar-refractivity contribution in [3.63, 3.8) is 0 Å². The van der Waals surface area contributed by atoms with Gasteiger partial charge in [0, 0.05) is 38.3 Å². The Morgan fingerprint density at radius 1 is 0.685 bits per heavy atom. The van der Waals surface area contributed by atoms with Gasteiger partial charge in [-0.2, -0.15) is 0 Å². The summed E-state index contributed by atoms with van der Waals surface area (Å²) >= 11 is 0. The summed E-state index contributed by atoms with van der Waals surface area (Å²) in [6, 6.07) is 11.9. The molecule has 2 unspecified atom stereocenters. The Bertz CT molecular complexity index is 1990. The molecule has 2 aromatic carbocycles. The normalized spacial score (nSPS) is 17.7. The lowest BCUT2D eigenvalue weighted by Crippen LogP contribution is -2.28. The summed E-state index contributed by atoms with van der Waals surface area (Å²) in [7, 11) is 3.49. The van der Waals surface area contributed by atoms with Crippen LogP contribution in [0.4, 0.5) is 0 Å². The highest BCUT2D eigenvalue weighted by Gasteiger charge is 2.29. The van der Waals surface area contributed by atoms with Crippen LogP contribution in [0.2, 0.25) is 0 Å². The Morgan fingerprint density at radius 2 is 1.15 bits per heavy atom. The number of nitrogens with zero attached hydrogens (tertiary/aromatic N) is 6. The predicted molar refractivity (Wildman–Crippen MR) is 204 cm³/mol. The summed E-state index contributed by atoms with van der Waals surface area (Å²) in [5.74, 6) is -0.647. The molecule has 0 N–H and O–H groups in total. The van der Waals surface area contributed by atoms with Gasteiger partial charge in [0.2, 0.25) is 0 Å². The molecular weight excluding hydrogens is 684 g/mol. The van der Waals surface area contributed by atoms with Gasteiger partial charge in [0.05, 0.1) is 49.3 Å². The van der Waals surface area contributed by atoms with Crippen LogP contribution in [0.3, 0.4) is 0 Å². The zero-order chi connectivity index (χ0) is 38.5. The Balaban J connectivity index is 0.000000185. The first kappa shape index (κ1) is 38.5. The topological polar surface area (TPSA) is 129 Å². The molecule has 0 spiro atoms. The fourth-order valence-electron chi connectivity index (χ4n) is 7.72. The first-order valence-electron chi connectivity index (χ1n) is 19.1. The zero-order valence-corrected chi connectivity index (χ0v) is 32.3. The summed E-state index contributed by atoms with van der Waals surface area (Å²) in [6.07, 6.45) is 14.1. The molecule has 1 fully saturated rings. The number of hydrogen-bond donors (Lipinski definition) is 0. The van der Waals surface area contributed by atoms with Crippen molar-refractivity contribution >= 4 is 23.8 Å². The Kier molecular flexibility index (Phi) is 12.0. The highest BCUT2D eigenvalue weighted by Crippen LogP contribution is 2.36. The zero-order valence-electron chi connectivity index (χ0n) is 32.3. The fourth-order valence-corrected chi connectivity index (χ4v) is 7.72. The monoisotopic (exact) mass is 736 g/mol. The van der Waals surface area contributed by atoms with Gasteiger partial charge in [-0.25, -0.2) is 19.6 Å². The molecule has 2 aromatic heterocycles. The van der Waals surface area contributed by atoms with Crippen molar-refractivity contribution < 1.29 is 28.7 Å². The van der Waals surface area contributed by atoms with Gasteiger partial charge >= 0.3 is 11.9 Å². The van der Waals surface area contributed by atoms with Crippen LogP contribution in [0.25, 0.3) is 0 Å². The number of aryl methyl sites for hydroxylation is 2. The van der Waals surface area contributed by atoms with Crippen molar-refractivity contribution in [1.82, 2.24) is 28.9 Å². The van der Waals surface area contributed by atoms with Gasteiger partial charge in [-0.15, -0.1) is 0 Å². The molecule has 0 saturated carbocycles. The molecule has 2 amide bonds. The van der Waals surface area contributed by atoms with Gasteiger partial charge in [-0.3, -0.25) is 9.59 Å². The van der Waals surface area contributed by atoms with Gasteiger partial charge in [-0.1, -0.05) is 12.1 Å². The fraction of sp³-hybridized carbons (Fsp3) is 0.476. The van der Waals surface area contributed by atoms with Crippen LogP contribution in [0.5, 0.6) is 0 Å². The first-order chi connectivity index (χ1) is 25.9. The van der Waals surface area contributed by atoms with Gasteiger partial charge in [0.15, 0.2) is 0 Å². The van der Waals surface area contributed by atoms with E-state index in [0.29, 0.717) is 17.0 Å². The van der Waals surface area contributed by atoms with E-state index in [1.807, 2.05) is 72.1 Å². The van der Waals surface area contributed by atoms with E-state index >= 15 is 0 Å². The molecule has 286 valence electrons. The van der Waals surface area contributed by atoms with E-state index in [0.717, 1.165) is 81.1 Å². The molecule has 3 aliphatic rings. The Labute approximate surface area is 317 Å². The lowest BCUT2D eigenvalue weighted by molar-refractivity contribution is 0.0352. The van der Waals surface area contributed by atoms with Crippen LogP contribution >= 0.6 is 0 Å². The minimum atomic E-state index is -0.370. The number of hydrogen-bond acceptors (Lipinski definition) is 8. The summed E-state index contributed by atoms with van der Waals surface area (Å²) in [5.41, 5.74) is 6.96. The lowest BCUT2D eigenvalue weighted by Gasteiger charge is -2.28. The second-order valence-electron chi connectivity index (χ2n) is 15.1. The number of likely N-dealkylation sites (tertiary alicyclic amines) is 1. The second kappa shape index (κ2) is 16.8. The molecule has 0 radical (unpaired) electrons. The van der Waals surface area contributed by atoms with E-state index in [2.05, 4.69) is 16.0 Å². The molecule has 2 aliphatic carbocycles. The molecule has 7 rings (SSSR count). The quantitative estimate of drug-likeness (QED) is 0.183. The molecule has 0 bridgehead atoms. The average Bonchev–Trinajstić information content (AvgIpc) is 3.96. The minimum Gasteiger partial charge on any atom is -0.458 e. The van der Waals surface area contributed by atoms with Crippen LogP contribution in [-0.2, 0) is 22.3 Å². The van der Waals surface area contributed by atoms with Crippen LogP contribution in [-0.4, -0.2) is 92.0 Å². The van der Waals surface area contributed by atoms with E-state index in [-0.39, 0.29) is 48.0 Å². The number of carbonyl (C=O) groups is 4. The number of amides is 2. The van der Waals surface area contributed by atoms with Crippen molar-refractivity contribution in [3.05, 3.63) is 106 Å². The molecule has 12 nitrogen and oxygen atoms in total. The summed E-state index contributed by atoms with van der Waals surface area (Å²) < 4.78 is 14.5. The number of aromatic nitrogens is 4. The van der Waals surface area contributed by atoms with Gasteiger partial charge in [-0.05, 0) is 126 Å². The van der Waals surface area contributed by atoms with E-state index < -0.39 is 0 Å². The maximum Gasteiger partial charge on any atom is 0.356 e. The molecule has 12 heteroatoms. The number of fused-ring (bicyclic) bond motifs is 2.